The van der Waals surface area contributed by atoms with E-state index in [9.17, 15) is 0 Å². The van der Waals surface area contributed by atoms with Crippen LogP contribution in [0.5, 0.6) is 5.75 Å². The van der Waals surface area contributed by atoms with Gasteiger partial charge >= 0.3 is 0 Å². The van der Waals surface area contributed by atoms with Gasteiger partial charge in [0.1, 0.15) is 5.60 Å². The van der Waals surface area contributed by atoms with Crippen LogP contribution in [0.15, 0.2) is 24.3 Å². The summed E-state index contributed by atoms with van der Waals surface area (Å²) in [5.41, 5.74) is 1.10. The van der Waals surface area contributed by atoms with Crippen molar-refractivity contribution in [1.82, 2.24) is 0 Å². The molecular weight excluding hydrogens is 236 g/mol. The van der Waals surface area contributed by atoms with Gasteiger partial charge in [0.2, 0.25) is 0 Å². The molecule has 108 valence electrons. The fraction of sp³-hybridized carbons (Fsp3) is 0.647. The second-order valence-electron chi connectivity index (χ2n) is 7.70. The van der Waals surface area contributed by atoms with Crippen molar-refractivity contribution in [1.29, 1.82) is 0 Å². The smallest absolute Gasteiger partial charge is 0.165 e. The van der Waals surface area contributed by atoms with Crippen LogP contribution in [0.2, 0.25) is 0 Å². The Hall–Kier alpha value is -1.02. The first-order chi connectivity index (χ1) is 8.43. The van der Waals surface area contributed by atoms with Crippen molar-refractivity contribution in [2.45, 2.75) is 66.4 Å². The Morgan fingerprint density at radius 1 is 0.737 bits per heavy atom. The Kier molecular flexibility index (Phi) is 4.36. The van der Waals surface area contributed by atoms with Crippen molar-refractivity contribution in [3.05, 3.63) is 29.8 Å². The van der Waals surface area contributed by atoms with E-state index >= 15 is 0 Å². The molecule has 0 bridgehead atoms. The minimum absolute atomic E-state index is 0.0123. The molecule has 2 nitrogen and oxygen atoms in total. The van der Waals surface area contributed by atoms with Gasteiger partial charge < -0.3 is 4.89 Å². The van der Waals surface area contributed by atoms with Crippen molar-refractivity contribution in [3.63, 3.8) is 0 Å². The summed E-state index contributed by atoms with van der Waals surface area (Å²) in [5.74, 6) is 0.741. The van der Waals surface area contributed by atoms with Gasteiger partial charge in [0.15, 0.2) is 5.75 Å². The fourth-order valence-electron chi connectivity index (χ4n) is 1.29. The largest absolute Gasteiger partial charge is 0.337 e. The fourth-order valence-corrected chi connectivity index (χ4v) is 1.29. The van der Waals surface area contributed by atoms with Crippen LogP contribution in [0, 0.1) is 5.41 Å². The predicted octanol–water partition coefficient (Wildman–Crippen LogP) is 5.12. The van der Waals surface area contributed by atoms with Gasteiger partial charge in [0, 0.05) is 0 Å². The molecule has 0 aliphatic heterocycles. The predicted molar refractivity (Wildman–Crippen MR) is 80.4 cm³/mol. The van der Waals surface area contributed by atoms with E-state index in [-0.39, 0.29) is 16.4 Å². The Balaban J connectivity index is 2.70. The third-order valence-corrected chi connectivity index (χ3v) is 3.87. The van der Waals surface area contributed by atoms with E-state index in [1.54, 1.807) is 0 Å². The van der Waals surface area contributed by atoms with Crippen molar-refractivity contribution >= 4 is 0 Å². The summed E-state index contributed by atoms with van der Waals surface area (Å²) in [6, 6.07) is 8.09. The van der Waals surface area contributed by atoms with Crippen molar-refractivity contribution in [3.8, 4) is 5.75 Å². The zero-order chi connectivity index (χ0) is 14.9. The molecule has 0 heterocycles. The van der Waals surface area contributed by atoms with Crippen molar-refractivity contribution in [2.24, 2.45) is 5.41 Å². The first-order valence-corrected chi connectivity index (χ1v) is 6.90. The molecular formula is C17H28O2. The molecule has 2 heteroatoms. The molecule has 0 amide bonds. The standard InChI is InChI=1S/C17H28O2/c1-15(2,3)13-9-11-14(12-10-13)18-19-17(7,8)16(4,5)6/h9-12H,1-8H3. The van der Waals surface area contributed by atoms with Crippen LogP contribution in [0.25, 0.3) is 0 Å². The molecule has 0 atom stereocenters. The van der Waals surface area contributed by atoms with E-state index in [0.717, 1.165) is 5.75 Å². The molecule has 1 aromatic carbocycles. The normalized spacial score (nSPS) is 13.5. The monoisotopic (exact) mass is 264 g/mol. The van der Waals surface area contributed by atoms with E-state index in [1.807, 2.05) is 26.0 Å². The Bertz CT molecular complexity index is 402. The van der Waals surface area contributed by atoms with Crippen molar-refractivity contribution in [2.75, 3.05) is 0 Å². The second kappa shape index (κ2) is 5.16. The summed E-state index contributed by atoms with van der Waals surface area (Å²) in [5, 5.41) is 0. The van der Waals surface area contributed by atoms with Gasteiger partial charge in [-0.2, -0.15) is 4.89 Å². The lowest BCUT2D eigenvalue weighted by molar-refractivity contribution is -0.308. The Morgan fingerprint density at radius 3 is 1.58 bits per heavy atom. The van der Waals surface area contributed by atoms with Crippen LogP contribution < -0.4 is 4.89 Å². The van der Waals surface area contributed by atoms with E-state index in [1.165, 1.54) is 5.56 Å². The first kappa shape index (κ1) is 16.0. The molecule has 0 N–H and O–H groups in total. The molecule has 1 aromatic rings. The molecule has 0 saturated carbocycles. The molecule has 0 aliphatic rings. The molecule has 0 saturated heterocycles. The molecule has 1 rings (SSSR count). The lowest BCUT2D eigenvalue weighted by Crippen LogP contribution is -2.40. The molecule has 0 fully saturated rings. The number of benzene rings is 1. The molecule has 0 radical (unpaired) electrons. The summed E-state index contributed by atoms with van der Waals surface area (Å²) in [7, 11) is 0. The Labute approximate surface area is 118 Å². The van der Waals surface area contributed by atoms with Crippen LogP contribution in [0.1, 0.15) is 61.0 Å². The van der Waals surface area contributed by atoms with Crippen molar-refractivity contribution < 1.29 is 9.78 Å². The topological polar surface area (TPSA) is 18.5 Å². The zero-order valence-corrected chi connectivity index (χ0v) is 13.6. The molecule has 0 aliphatic carbocycles. The quantitative estimate of drug-likeness (QED) is 0.557. The lowest BCUT2D eigenvalue weighted by atomic mass is 9.79. The third kappa shape index (κ3) is 4.24. The zero-order valence-electron chi connectivity index (χ0n) is 13.6. The van der Waals surface area contributed by atoms with Gasteiger partial charge in [-0.25, -0.2) is 0 Å². The van der Waals surface area contributed by atoms with Crippen LogP contribution >= 0.6 is 0 Å². The van der Waals surface area contributed by atoms with Crippen LogP contribution in [0.4, 0.5) is 0 Å². The summed E-state index contributed by atoms with van der Waals surface area (Å²) < 4.78 is 0. The highest BCUT2D eigenvalue weighted by molar-refractivity contribution is 5.30. The molecule has 19 heavy (non-hydrogen) atoms. The van der Waals surface area contributed by atoms with Gasteiger partial charge in [0.05, 0.1) is 0 Å². The third-order valence-electron chi connectivity index (χ3n) is 3.87. The van der Waals surface area contributed by atoms with Gasteiger partial charge in [-0.1, -0.05) is 53.7 Å². The summed E-state index contributed by atoms with van der Waals surface area (Å²) in [6.45, 7) is 17.1. The maximum Gasteiger partial charge on any atom is 0.165 e. The molecule has 0 aromatic heterocycles. The maximum atomic E-state index is 5.61. The van der Waals surface area contributed by atoms with Crippen LogP contribution in [0.3, 0.4) is 0 Å². The van der Waals surface area contributed by atoms with Gasteiger partial charge in [-0.05, 0) is 42.4 Å². The summed E-state index contributed by atoms with van der Waals surface area (Å²) >= 11 is 0. The number of hydrogen-bond donors (Lipinski definition) is 0. The van der Waals surface area contributed by atoms with Gasteiger partial charge in [-0.3, -0.25) is 0 Å². The SMILES string of the molecule is CC(C)(C)c1ccc(OOC(C)(C)C(C)(C)C)cc1. The molecule has 0 unspecified atom stereocenters. The van der Waals surface area contributed by atoms with Gasteiger partial charge in [-0.15, -0.1) is 0 Å². The lowest BCUT2D eigenvalue weighted by Gasteiger charge is -2.36. The Morgan fingerprint density at radius 2 is 1.21 bits per heavy atom. The van der Waals surface area contributed by atoms with E-state index in [0.29, 0.717) is 0 Å². The van der Waals surface area contributed by atoms with E-state index < -0.39 is 0 Å². The average molecular weight is 264 g/mol. The van der Waals surface area contributed by atoms with Gasteiger partial charge in [0.25, 0.3) is 0 Å². The van der Waals surface area contributed by atoms with Crippen LogP contribution in [-0.4, -0.2) is 5.60 Å². The summed E-state index contributed by atoms with van der Waals surface area (Å²) in [6.07, 6.45) is 0. The maximum absolute atomic E-state index is 5.61. The highest BCUT2D eigenvalue weighted by atomic mass is 17.2. The van der Waals surface area contributed by atoms with E-state index in [2.05, 4.69) is 53.7 Å². The average Bonchev–Trinajstić information content (AvgIpc) is 2.24. The minimum Gasteiger partial charge on any atom is -0.337 e. The minimum atomic E-state index is -0.351. The summed E-state index contributed by atoms with van der Waals surface area (Å²) in [4.78, 5) is 11.1. The van der Waals surface area contributed by atoms with Crippen LogP contribution in [-0.2, 0) is 10.3 Å². The van der Waals surface area contributed by atoms with E-state index in [4.69, 9.17) is 9.78 Å². The highest BCUT2D eigenvalue weighted by Gasteiger charge is 2.35. The highest BCUT2D eigenvalue weighted by Crippen LogP contribution is 2.33. The number of hydrogen-bond acceptors (Lipinski definition) is 2. The first-order valence-electron chi connectivity index (χ1n) is 6.90. The number of rotatable bonds is 3. The second-order valence-corrected chi connectivity index (χ2v) is 7.70. The molecule has 0 spiro atoms.